The quantitative estimate of drug-likeness (QED) is 0.125. The van der Waals surface area contributed by atoms with E-state index in [2.05, 4.69) is 75.0 Å². The van der Waals surface area contributed by atoms with Gasteiger partial charge in [-0.1, -0.05) is 195 Å². The van der Waals surface area contributed by atoms with Gasteiger partial charge in [-0.05, 0) is 245 Å². The second-order valence-electron chi connectivity index (χ2n) is 36.1. The summed E-state index contributed by atoms with van der Waals surface area (Å²) < 4.78 is 24.7. The first kappa shape index (κ1) is 78.2. The second-order valence-corrected chi connectivity index (χ2v) is 36.1. The molecule has 13 saturated carbocycles. The van der Waals surface area contributed by atoms with Gasteiger partial charge < -0.3 is 38.5 Å². The zero-order valence-electron chi connectivity index (χ0n) is 64.7. The van der Waals surface area contributed by atoms with Crippen molar-refractivity contribution in [2.24, 2.45) is 29.1 Å². The third-order valence-corrected chi connectivity index (χ3v) is 28.4. The summed E-state index contributed by atoms with van der Waals surface area (Å²) in [6.07, 6.45) is 66.5. The van der Waals surface area contributed by atoms with Gasteiger partial charge in [-0.3, -0.25) is 0 Å². The highest BCUT2D eigenvalue weighted by molar-refractivity contribution is 5.71. The molecule has 0 radical (unpaired) electrons. The van der Waals surface area contributed by atoms with E-state index >= 15 is 0 Å². The van der Waals surface area contributed by atoms with Gasteiger partial charge in [-0.2, -0.15) is 0 Å². The van der Waals surface area contributed by atoms with Crippen LogP contribution in [0.1, 0.15) is 416 Å². The van der Waals surface area contributed by atoms with Crippen LogP contribution in [0.3, 0.4) is 0 Å². The Labute approximate surface area is 594 Å². The van der Waals surface area contributed by atoms with E-state index in [4.69, 9.17) is 18.9 Å². The van der Waals surface area contributed by atoms with Gasteiger partial charge in [0, 0.05) is 53.7 Å². The Hall–Kier alpha value is -2.92. The molecule has 12 heteroatoms. The summed E-state index contributed by atoms with van der Waals surface area (Å²) in [5.41, 5.74) is -1.02. The van der Waals surface area contributed by atoms with Crippen molar-refractivity contribution in [2.45, 2.75) is 487 Å². The molecular weight excluding hydrogens is 1200 g/mol. The molecule has 97 heavy (non-hydrogen) atoms. The Morgan fingerprint density at radius 3 is 0.773 bits per heavy atom. The van der Waals surface area contributed by atoms with E-state index in [0.717, 1.165) is 69.1 Å². The lowest BCUT2D eigenvalue weighted by Crippen LogP contribution is -2.59. The monoisotopic (exact) mass is 1360 g/mol. The molecule has 13 rings (SSSR count). The number of carbonyl (C=O) groups is 4. The molecule has 0 aromatic heterocycles. The van der Waals surface area contributed by atoms with Crippen LogP contribution in [0.4, 0.5) is 19.2 Å². The molecule has 0 N–H and O–H groups in total. The predicted octanol–water partition coefficient (Wildman–Crippen LogP) is 24.5. The maximum Gasteiger partial charge on any atom is 0.410 e. The molecule has 12 nitrogen and oxygen atoms in total. The van der Waals surface area contributed by atoms with Crippen LogP contribution in [0.25, 0.3) is 0 Å². The van der Waals surface area contributed by atoms with Crippen LogP contribution < -0.4 is 0 Å². The first-order chi connectivity index (χ1) is 46.7. The van der Waals surface area contributed by atoms with Crippen LogP contribution in [0.5, 0.6) is 0 Å². The van der Waals surface area contributed by atoms with Gasteiger partial charge in [-0.25, -0.2) is 19.2 Å². The number of nitrogens with zero attached hydrogens (tertiary/aromatic N) is 4. The molecule has 0 aromatic carbocycles. The highest BCUT2D eigenvalue weighted by Gasteiger charge is 2.59. The summed E-state index contributed by atoms with van der Waals surface area (Å²) in [5, 5.41) is 0. The van der Waals surface area contributed by atoms with Crippen molar-refractivity contribution in [3.8, 4) is 0 Å². The standard InChI is InChI=1S/C26H43NO2.C21H37NO2.C20H37NO2.C18H33NO2/c1-25(2,26-16-19-13-20(17-26)15-21(14-19)18-26)29-24(28)27(22-9-5-3-6-10-22)23-11-7-4-8-12-23;1-21(2,17-11-9-10-12-17)24-20(23)22(18-13-5-3-6-14-18)19-15-7-4-8-16-19;1-4-20(5-2,6-3)23-19(22)21(17-13-9-7-10-14-17)18-15-11-8-12-16-18;1-4-18(2,3)21-17(20)19(15-11-7-5-8-12-15)16-13-9-6-10-14-16/h19-23H,3-18H2,1-2H3;17-19H,3-16H2,1-2H3;17-18H,4-16H2,1-3H3;15-16H,4-14H2,1-3H3. The number of hydrogen-bond acceptors (Lipinski definition) is 8. The van der Waals surface area contributed by atoms with E-state index in [1.54, 1.807) is 0 Å². The Balaban J connectivity index is 0.000000153. The number of carbonyl (C=O) groups excluding carboxylic acids is 4. The topological polar surface area (TPSA) is 118 Å². The Morgan fingerprint density at radius 2 is 0.526 bits per heavy atom. The lowest BCUT2D eigenvalue weighted by molar-refractivity contribution is -0.169. The number of ether oxygens (including phenoxy) is 4. The van der Waals surface area contributed by atoms with Gasteiger partial charge in [0.1, 0.15) is 22.4 Å². The molecule has 0 atom stereocenters. The highest BCUT2D eigenvalue weighted by atomic mass is 16.6. The van der Waals surface area contributed by atoms with Gasteiger partial charge >= 0.3 is 24.4 Å². The van der Waals surface area contributed by atoms with Crippen LogP contribution in [0.2, 0.25) is 0 Å². The number of hydrogen-bond donors (Lipinski definition) is 0. The van der Waals surface area contributed by atoms with Crippen molar-refractivity contribution in [1.82, 2.24) is 19.6 Å². The van der Waals surface area contributed by atoms with Crippen LogP contribution in [0, 0.1) is 29.1 Å². The second kappa shape index (κ2) is 37.5. The third kappa shape index (κ3) is 21.4. The van der Waals surface area contributed by atoms with Crippen LogP contribution in [-0.4, -0.2) is 115 Å². The normalized spacial score (nSPS) is 27.4. The summed E-state index contributed by atoms with van der Waals surface area (Å²) in [7, 11) is 0. The van der Waals surface area contributed by atoms with Crippen molar-refractivity contribution >= 4 is 24.4 Å². The minimum absolute atomic E-state index is 0.00861. The predicted molar refractivity (Wildman–Crippen MR) is 397 cm³/mol. The molecule has 13 aliphatic rings. The lowest BCUT2D eigenvalue weighted by Gasteiger charge is -2.61. The summed E-state index contributed by atoms with van der Waals surface area (Å²) in [6.45, 7) is 21.4. The number of rotatable bonds is 18. The average molecular weight is 1360 g/mol. The van der Waals surface area contributed by atoms with E-state index in [0.29, 0.717) is 54.3 Å². The molecule has 4 bridgehead atoms. The fourth-order valence-corrected chi connectivity index (χ4v) is 22.0. The largest absolute Gasteiger partial charge is 0.443 e. The molecule has 0 spiro atoms. The van der Waals surface area contributed by atoms with Gasteiger partial charge in [0.15, 0.2) is 0 Å². The van der Waals surface area contributed by atoms with Crippen molar-refractivity contribution in [3.05, 3.63) is 0 Å². The smallest absolute Gasteiger partial charge is 0.410 e. The third-order valence-electron chi connectivity index (χ3n) is 28.4. The molecule has 558 valence electrons. The fraction of sp³-hybridized carbons (Fsp3) is 0.953. The first-order valence-electron chi connectivity index (χ1n) is 42.8. The fourth-order valence-electron chi connectivity index (χ4n) is 22.0. The van der Waals surface area contributed by atoms with Gasteiger partial charge in [0.05, 0.1) is 0 Å². The van der Waals surface area contributed by atoms with E-state index in [-0.39, 0.29) is 52.2 Å². The molecule has 0 saturated heterocycles. The number of amides is 4. The highest BCUT2D eigenvalue weighted by Crippen LogP contribution is 2.64. The van der Waals surface area contributed by atoms with Gasteiger partial charge in [0.25, 0.3) is 0 Å². The maximum absolute atomic E-state index is 13.8. The zero-order chi connectivity index (χ0) is 69.1. The Kier molecular flexibility index (Phi) is 30.2. The van der Waals surface area contributed by atoms with Gasteiger partial charge in [-0.15, -0.1) is 0 Å². The van der Waals surface area contributed by atoms with Crippen molar-refractivity contribution in [1.29, 1.82) is 0 Å². The van der Waals surface area contributed by atoms with E-state index in [9.17, 15) is 19.2 Å². The van der Waals surface area contributed by atoms with Crippen LogP contribution >= 0.6 is 0 Å². The van der Waals surface area contributed by atoms with Crippen LogP contribution in [0.15, 0.2) is 0 Å². The molecular formula is C85H150N4O8. The van der Waals surface area contributed by atoms with E-state index in [1.165, 1.54) is 295 Å². The first-order valence-corrected chi connectivity index (χ1v) is 42.8. The van der Waals surface area contributed by atoms with Crippen LogP contribution in [-0.2, 0) is 18.9 Å². The SMILES string of the molecule is CC(C)(OC(=O)N(C1CCCCC1)C1CCCCC1)C12CC3CC(CC(C3)C1)C2.CC(C)(OC(=O)N(C1CCCCC1)C1CCCCC1)C1CCCC1.CCC(C)(C)OC(=O)N(C1CCCCC1)C1CCCCC1.CCC(CC)(CC)OC(=O)N(C1CCCCC1)C1CCCCC1. The van der Waals surface area contributed by atoms with Gasteiger partial charge in [0.2, 0.25) is 0 Å². The molecule has 4 amide bonds. The summed E-state index contributed by atoms with van der Waals surface area (Å²) in [5.74, 6) is 3.23. The summed E-state index contributed by atoms with van der Waals surface area (Å²) in [6, 6.07) is 3.37. The average Bonchev–Trinajstić information content (AvgIpc) is 0.918. The lowest BCUT2D eigenvalue weighted by atomic mass is 9.46. The summed E-state index contributed by atoms with van der Waals surface area (Å²) in [4.78, 5) is 61.7. The zero-order valence-corrected chi connectivity index (χ0v) is 64.7. The Morgan fingerprint density at radius 1 is 0.299 bits per heavy atom. The molecule has 0 heterocycles. The van der Waals surface area contributed by atoms with Crippen molar-refractivity contribution in [3.63, 3.8) is 0 Å². The molecule has 0 aliphatic heterocycles. The molecule has 13 aliphatic carbocycles. The molecule has 0 unspecified atom stereocenters. The molecule has 13 fully saturated rings. The Bertz CT molecular complexity index is 2200. The molecule has 0 aromatic rings. The maximum atomic E-state index is 13.8. The summed E-state index contributed by atoms with van der Waals surface area (Å²) >= 11 is 0. The van der Waals surface area contributed by atoms with E-state index in [1.807, 2.05) is 13.8 Å². The van der Waals surface area contributed by atoms with E-state index < -0.39 is 0 Å². The van der Waals surface area contributed by atoms with Crippen molar-refractivity contribution in [2.75, 3.05) is 0 Å². The van der Waals surface area contributed by atoms with Crippen molar-refractivity contribution < 1.29 is 38.1 Å². The minimum Gasteiger partial charge on any atom is -0.443 e. The minimum atomic E-state index is -0.349.